The Morgan fingerprint density at radius 1 is 0.452 bits per heavy atom. The van der Waals surface area contributed by atoms with E-state index in [1.165, 1.54) is 0 Å². The maximum atomic E-state index is 12.4. The molecule has 3 aliphatic carbocycles. The Labute approximate surface area is 186 Å². The second-order valence-corrected chi connectivity index (χ2v) is 9.86. The quantitative estimate of drug-likeness (QED) is 0.378. The average molecular weight is 439 g/mol. The number of amides is 4. The van der Waals surface area contributed by atoms with Crippen LogP contribution >= 0.6 is 0 Å². The summed E-state index contributed by atoms with van der Waals surface area (Å²) >= 11 is 0. The molecule has 3 unspecified atom stereocenters. The number of nitrogens with one attached hydrogen (secondary N) is 4. The van der Waals surface area contributed by atoms with Gasteiger partial charge in [-0.2, -0.15) is 0 Å². The first-order valence-electron chi connectivity index (χ1n) is 12.5. The van der Waals surface area contributed by atoms with Crippen molar-refractivity contribution in [2.24, 2.45) is 0 Å². The molecule has 3 fully saturated rings. The molecule has 4 amide bonds. The lowest BCUT2D eigenvalue weighted by molar-refractivity contribution is 0.156. The van der Waals surface area contributed by atoms with Crippen LogP contribution in [-0.2, 0) is 0 Å². The predicted molar refractivity (Wildman–Crippen MR) is 120 cm³/mol. The van der Waals surface area contributed by atoms with Crippen LogP contribution in [0.3, 0.4) is 0 Å². The molecule has 0 spiro atoms. The molecule has 3 rings (SSSR count). The summed E-state index contributed by atoms with van der Waals surface area (Å²) in [4.78, 5) is 24.9. The van der Waals surface area contributed by atoms with Gasteiger partial charge in [0, 0.05) is 24.2 Å². The Hall–Kier alpha value is -1.54. The van der Waals surface area contributed by atoms with Gasteiger partial charge in [-0.3, -0.25) is 0 Å². The summed E-state index contributed by atoms with van der Waals surface area (Å²) in [5, 5.41) is 31.9. The molecule has 3 aliphatic rings. The molecular formula is C23H42N4O4. The predicted octanol–water partition coefficient (Wildman–Crippen LogP) is 2.67. The molecule has 0 aromatic carbocycles. The van der Waals surface area contributed by atoms with E-state index >= 15 is 0 Å². The van der Waals surface area contributed by atoms with Gasteiger partial charge in [-0.15, -0.1) is 0 Å². The highest BCUT2D eigenvalue weighted by Gasteiger charge is 2.24. The van der Waals surface area contributed by atoms with Crippen LogP contribution in [0, 0.1) is 0 Å². The van der Waals surface area contributed by atoms with E-state index in [0.717, 1.165) is 96.3 Å². The molecule has 31 heavy (non-hydrogen) atoms. The maximum Gasteiger partial charge on any atom is 0.315 e. The van der Waals surface area contributed by atoms with Crippen LogP contribution in [0.2, 0.25) is 0 Å². The van der Waals surface area contributed by atoms with E-state index in [9.17, 15) is 19.8 Å². The van der Waals surface area contributed by atoms with Gasteiger partial charge >= 0.3 is 12.1 Å². The van der Waals surface area contributed by atoms with E-state index in [2.05, 4.69) is 21.3 Å². The van der Waals surface area contributed by atoms with Gasteiger partial charge in [0.25, 0.3) is 0 Å². The molecule has 6 N–H and O–H groups in total. The minimum atomic E-state index is -0.229. The largest absolute Gasteiger partial charge is 0.393 e. The highest BCUT2D eigenvalue weighted by atomic mass is 16.3. The molecule has 3 saturated carbocycles. The number of aliphatic hydroxyl groups is 2. The molecule has 0 bridgehead atoms. The van der Waals surface area contributed by atoms with E-state index in [1.54, 1.807) is 0 Å². The third kappa shape index (κ3) is 8.85. The standard InChI is InChI=1S/C23H42N4O4/c28-20-8-2-6-18(12-14-20)26-22(30)24-16-4-1-5-17(11-10-16)25-23(31)27-19-7-3-9-21(29)15-13-19/h16-21,28-29H,1-15H2,(H2,24,26,30)(H2,25,27,31)/t16-,17?,18?,19-,20+,21?/m0/s1. The number of hydrogen-bond acceptors (Lipinski definition) is 4. The van der Waals surface area contributed by atoms with Crippen LogP contribution in [-0.4, -0.2) is 58.7 Å². The molecular weight excluding hydrogens is 396 g/mol. The molecule has 0 saturated heterocycles. The maximum absolute atomic E-state index is 12.4. The molecule has 0 heterocycles. The van der Waals surface area contributed by atoms with Crippen LogP contribution in [0.5, 0.6) is 0 Å². The summed E-state index contributed by atoms with van der Waals surface area (Å²) in [5.41, 5.74) is 0. The number of carbonyl (C=O) groups excluding carboxylic acids is 2. The van der Waals surface area contributed by atoms with Crippen molar-refractivity contribution >= 4 is 12.1 Å². The number of carbonyl (C=O) groups is 2. The first kappa shape index (κ1) is 24.1. The Kier molecular flexibility index (Phi) is 9.71. The Morgan fingerprint density at radius 2 is 0.742 bits per heavy atom. The minimum absolute atomic E-state index is 0.105. The zero-order valence-corrected chi connectivity index (χ0v) is 18.8. The summed E-state index contributed by atoms with van der Waals surface area (Å²) in [5.74, 6) is 0. The van der Waals surface area contributed by atoms with Crippen LogP contribution in [0.15, 0.2) is 0 Å². The number of rotatable bonds is 4. The summed E-state index contributed by atoms with van der Waals surface area (Å²) in [6.07, 6.45) is 12.7. The van der Waals surface area contributed by atoms with Crippen LogP contribution < -0.4 is 21.3 Å². The van der Waals surface area contributed by atoms with E-state index in [1.807, 2.05) is 0 Å². The molecule has 6 atom stereocenters. The van der Waals surface area contributed by atoms with Gasteiger partial charge in [0.15, 0.2) is 0 Å². The molecule has 0 radical (unpaired) electrons. The summed E-state index contributed by atoms with van der Waals surface area (Å²) in [7, 11) is 0. The van der Waals surface area contributed by atoms with Crippen molar-refractivity contribution in [2.45, 2.75) is 133 Å². The summed E-state index contributed by atoms with van der Waals surface area (Å²) in [6.45, 7) is 0. The van der Waals surface area contributed by atoms with Gasteiger partial charge in [0.2, 0.25) is 0 Å². The first-order chi connectivity index (χ1) is 15.0. The van der Waals surface area contributed by atoms with Crippen LogP contribution in [0.4, 0.5) is 9.59 Å². The second-order valence-electron chi connectivity index (χ2n) is 9.86. The third-order valence-electron chi connectivity index (χ3n) is 7.19. The summed E-state index contributed by atoms with van der Waals surface area (Å²) < 4.78 is 0. The van der Waals surface area contributed by atoms with Crippen molar-refractivity contribution in [2.75, 3.05) is 0 Å². The van der Waals surface area contributed by atoms with E-state index in [-0.39, 0.29) is 48.4 Å². The van der Waals surface area contributed by atoms with Gasteiger partial charge in [-0.25, -0.2) is 9.59 Å². The average Bonchev–Trinajstić information content (AvgIpc) is 3.15. The Morgan fingerprint density at radius 3 is 1.10 bits per heavy atom. The smallest absolute Gasteiger partial charge is 0.315 e. The highest BCUT2D eigenvalue weighted by molar-refractivity contribution is 5.75. The second kappa shape index (κ2) is 12.5. The van der Waals surface area contributed by atoms with Crippen LogP contribution in [0.25, 0.3) is 0 Å². The van der Waals surface area contributed by atoms with E-state index in [0.29, 0.717) is 0 Å². The molecule has 0 aliphatic heterocycles. The van der Waals surface area contributed by atoms with Crippen molar-refractivity contribution in [3.8, 4) is 0 Å². The topological polar surface area (TPSA) is 123 Å². The van der Waals surface area contributed by atoms with Crippen molar-refractivity contribution in [3.05, 3.63) is 0 Å². The number of aliphatic hydroxyl groups excluding tert-OH is 2. The zero-order valence-electron chi connectivity index (χ0n) is 18.8. The van der Waals surface area contributed by atoms with Gasteiger partial charge in [-0.1, -0.05) is 0 Å². The fourth-order valence-corrected chi connectivity index (χ4v) is 5.27. The fraction of sp³-hybridized carbons (Fsp3) is 0.913. The SMILES string of the molecule is O=C(NC1CCC[C@H](NC(=O)NC2CCC[C@@H](O)CC2)CC1)N[C@H]1CCCC(O)CC1. The first-order valence-corrected chi connectivity index (χ1v) is 12.5. The number of urea groups is 2. The molecule has 178 valence electrons. The molecule has 8 nitrogen and oxygen atoms in total. The van der Waals surface area contributed by atoms with Crippen molar-refractivity contribution < 1.29 is 19.8 Å². The zero-order chi connectivity index (χ0) is 22.1. The van der Waals surface area contributed by atoms with Gasteiger partial charge in [-0.05, 0) is 96.3 Å². The van der Waals surface area contributed by atoms with E-state index in [4.69, 9.17) is 0 Å². The minimum Gasteiger partial charge on any atom is -0.393 e. The fourth-order valence-electron chi connectivity index (χ4n) is 5.27. The van der Waals surface area contributed by atoms with Crippen molar-refractivity contribution in [1.82, 2.24) is 21.3 Å². The molecule has 8 heteroatoms. The molecule has 0 aromatic rings. The monoisotopic (exact) mass is 438 g/mol. The van der Waals surface area contributed by atoms with Gasteiger partial charge in [0.1, 0.15) is 0 Å². The van der Waals surface area contributed by atoms with Crippen molar-refractivity contribution in [3.63, 3.8) is 0 Å². The van der Waals surface area contributed by atoms with Crippen molar-refractivity contribution in [1.29, 1.82) is 0 Å². The number of hydrogen-bond donors (Lipinski definition) is 6. The highest BCUT2D eigenvalue weighted by Crippen LogP contribution is 2.21. The van der Waals surface area contributed by atoms with E-state index < -0.39 is 0 Å². The Bertz CT molecular complexity index is 528. The third-order valence-corrected chi connectivity index (χ3v) is 7.19. The molecule has 0 aromatic heterocycles. The summed E-state index contributed by atoms with van der Waals surface area (Å²) in [6, 6.07) is 0.346. The van der Waals surface area contributed by atoms with Gasteiger partial charge in [0.05, 0.1) is 12.2 Å². The normalized spacial score (nSPS) is 35.0. The van der Waals surface area contributed by atoms with Gasteiger partial charge < -0.3 is 31.5 Å². The lowest BCUT2D eigenvalue weighted by Crippen LogP contribution is -2.47. The lowest BCUT2D eigenvalue weighted by atomic mass is 10.1. The Balaban J connectivity index is 1.34. The van der Waals surface area contributed by atoms with Crippen LogP contribution in [0.1, 0.15) is 96.3 Å². The lowest BCUT2D eigenvalue weighted by Gasteiger charge is -2.22.